The van der Waals surface area contributed by atoms with Crippen molar-refractivity contribution in [3.63, 3.8) is 0 Å². The van der Waals surface area contributed by atoms with E-state index in [1.807, 2.05) is 21.1 Å². The lowest BCUT2D eigenvalue weighted by molar-refractivity contribution is -0.887. The summed E-state index contributed by atoms with van der Waals surface area (Å²) in [5.74, 6) is -1.47. The molecule has 0 aliphatic carbocycles. The molecule has 2 unspecified atom stereocenters. The van der Waals surface area contributed by atoms with E-state index in [1.54, 1.807) is 0 Å². The van der Waals surface area contributed by atoms with Crippen LogP contribution in [0.5, 0.6) is 0 Å². The number of nitrogens with zero attached hydrogens (tertiary/aromatic N) is 1. The van der Waals surface area contributed by atoms with Crippen LogP contribution in [0.15, 0.2) is 24.3 Å². The van der Waals surface area contributed by atoms with E-state index < -0.39 is 18.1 Å². The van der Waals surface area contributed by atoms with Gasteiger partial charge in [0.15, 0.2) is 12.1 Å². The lowest BCUT2D eigenvalue weighted by Crippen LogP contribution is -2.50. The first kappa shape index (κ1) is 61.8. The van der Waals surface area contributed by atoms with Crippen LogP contribution in [0.1, 0.15) is 264 Å². The molecule has 8 nitrogen and oxygen atoms in total. The average molecular weight is 905 g/mol. The second-order valence-electron chi connectivity index (χ2n) is 19.8. The molecule has 0 saturated carbocycles. The smallest absolute Gasteiger partial charge is 0.362 e. The van der Waals surface area contributed by atoms with Crippen LogP contribution < -0.4 is 0 Å². The molecule has 1 N–H and O–H groups in total. The molecule has 0 saturated heterocycles. The number of aliphatic carboxylic acids is 1. The fourth-order valence-corrected chi connectivity index (χ4v) is 8.32. The highest BCUT2D eigenvalue weighted by molar-refractivity contribution is 5.72. The third kappa shape index (κ3) is 45.0. The van der Waals surface area contributed by atoms with Gasteiger partial charge >= 0.3 is 17.9 Å². The predicted molar refractivity (Wildman–Crippen MR) is 271 cm³/mol. The van der Waals surface area contributed by atoms with Crippen molar-refractivity contribution < 1.29 is 38.2 Å². The summed E-state index contributed by atoms with van der Waals surface area (Å²) in [4.78, 5) is 37.2. The number of rotatable bonds is 50. The summed E-state index contributed by atoms with van der Waals surface area (Å²) < 4.78 is 17.4. The molecule has 8 heteroatoms. The normalized spacial score (nSPS) is 13.0. The second kappa shape index (κ2) is 47.3. The molecule has 0 fully saturated rings. The number of allylic oxidation sites excluding steroid dienone is 4. The highest BCUT2D eigenvalue weighted by atomic mass is 16.6. The van der Waals surface area contributed by atoms with Crippen LogP contribution in [0.4, 0.5) is 0 Å². The van der Waals surface area contributed by atoms with Crippen molar-refractivity contribution in [2.24, 2.45) is 0 Å². The van der Waals surface area contributed by atoms with Crippen LogP contribution in [0, 0.1) is 0 Å². The van der Waals surface area contributed by atoms with Crippen LogP contribution >= 0.6 is 0 Å². The summed E-state index contributed by atoms with van der Waals surface area (Å²) in [5, 5.41) is 9.66. The Morgan fingerprint density at radius 3 is 1.12 bits per heavy atom. The molecule has 0 amide bonds. The monoisotopic (exact) mass is 905 g/mol. The number of ether oxygens (including phenoxy) is 3. The summed E-state index contributed by atoms with van der Waals surface area (Å²) in [7, 11) is 5.54. The standard InChI is InChI=1S/C56H105NO7/c1-6-8-10-12-14-16-18-20-22-24-26-27-28-29-31-32-34-36-38-40-42-44-46-54(58)63-51-52(50-62-49-48-53(56(60)61)57(3,4)5)64-55(59)47-45-43-41-39-37-35-33-30-25-23-21-19-17-15-13-11-9-7-2/h28-30,33,52-53H,6-27,31-32,34-51H2,1-5H3/p+1/b29-28+,33-30+. The lowest BCUT2D eigenvalue weighted by atomic mass is 10.0. The van der Waals surface area contributed by atoms with Gasteiger partial charge in [-0.3, -0.25) is 9.59 Å². The van der Waals surface area contributed by atoms with Gasteiger partial charge in [0.25, 0.3) is 0 Å². The van der Waals surface area contributed by atoms with Crippen LogP contribution in [0.25, 0.3) is 0 Å². The van der Waals surface area contributed by atoms with E-state index >= 15 is 0 Å². The van der Waals surface area contributed by atoms with Crippen LogP contribution in [-0.2, 0) is 28.6 Å². The van der Waals surface area contributed by atoms with Gasteiger partial charge in [0.1, 0.15) is 6.61 Å². The molecular weight excluding hydrogens is 799 g/mol. The number of carbonyl (C=O) groups excluding carboxylic acids is 2. The molecule has 0 spiro atoms. The summed E-state index contributed by atoms with van der Waals surface area (Å²) in [6, 6.07) is -0.615. The Hall–Kier alpha value is -2.19. The van der Waals surface area contributed by atoms with Crippen LogP contribution in [0.3, 0.4) is 0 Å². The maximum Gasteiger partial charge on any atom is 0.362 e. The fraction of sp³-hybridized carbons (Fsp3) is 0.875. The summed E-state index contributed by atoms with van der Waals surface area (Å²) >= 11 is 0. The van der Waals surface area contributed by atoms with E-state index in [4.69, 9.17) is 14.2 Å². The van der Waals surface area contributed by atoms with Gasteiger partial charge in [-0.25, -0.2) is 4.79 Å². The third-order valence-electron chi connectivity index (χ3n) is 12.6. The van der Waals surface area contributed by atoms with Crippen molar-refractivity contribution in [1.82, 2.24) is 0 Å². The minimum Gasteiger partial charge on any atom is -0.477 e. The van der Waals surface area contributed by atoms with Crippen molar-refractivity contribution in [2.45, 2.75) is 276 Å². The number of hydrogen-bond donors (Lipinski definition) is 1. The molecular formula is C56H106NO7+. The van der Waals surface area contributed by atoms with Crippen LogP contribution in [0.2, 0.25) is 0 Å². The van der Waals surface area contributed by atoms with Gasteiger partial charge in [0.05, 0.1) is 34.4 Å². The topological polar surface area (TPSA) is 99.1 Å². The Morgan fingerprint density at radius 1 is 0.453 bits per heavy atom. The molecule has 64 heavy (non-hydrogen) atoms. The molecule has 376 valence electrons. The predicted octanol–water partition coefficient (Wildman–Crippen LogP) is 16.0. The molecule has 0 aromatic rings. The van der Waals surface area contributed by atoms with Crippen molar-refractivity contribution >= 4 is 17.9 Å². The fourth-order valence-electron chi connectivity index (χ4n) is 8.32. The number of likely N-dealkylation sites (N-methyl/N-ethyl adjacent to an activating group) is 1. The molecule has 0 aliphatic rings. The maximum atomic E-state index is 12.8. The molecule has 2 atom stereocenters. The van der Waals surface area contributed by atoms with Gasteiger partial charge in [-0.05, 0) is 64.2 Å². The SMILES string of the molecule is CCCCCCCCCCC/C=C/CCCCCCCC(=O)OC(COCCC(C(=O)O)[N+](C)(C)C)COC(=O)CCCCCCCCC/C=C/CCCCCCCCCCCCC. The molecule has 0 aliphatic heterocycles. The highest BCUT2D eigenvalue weighted by Crippen LogP contribution is 2.16. The zero-order chi connectivity index (χ0) is 47.0. The van der Waals surface area contributed by atoms with E-state index in [0.29, 0.717) is 19.3 Å². The van der Waals surface area contributed by atoms with E-state index in [1.165, 1.54) is 180 Å². The number of unbranched alkanes of at least 4 members (excludes halogenated alkanes) is 32. The van der Waals surface area contributed by atoms with Crippen LogP contribution in [-0.4, -0.2) is 80.6 Å². The lowest BCUT2D eigenvalue weighted by Gasteiger charge is -2.31. The van der Waals surface area contributed by atoms with Crippen molar-refractivity contribution in [2.75, 3.05) is 41.0 Å². The van der Waals surface area contributed by atoms with Crippen molar-refractivity contribution in [3.8, 4) is 0 Å². The van der Waals surface area contributed by atoms with Crippen molar-refractivity contribution in [3.05, 3.63) is 24.3 Å². The minimum atomic E-state index is -0.873. The van der Waals surface area contributed by atoms with E-state index in [9.17, 15) is 19.5 Å². The average Bonchev–Trinajstić information content (AvgIpc) is 3.26. The highest BCUT2D eigenvalue weighted by Gasteiger charge is 2.31. The summed E-state index contributed by atoms with van der Waals surface area (Å²) in [6.45, 7) is 4.77. The Bertz CT molecular complexity index is 1100. The minimum absolute atomic E-state index is 0.0529. The summed E-state index contributed by atoms with van der Waals surface area (Å²) in [6.07, 6.45) is 55.2. The Labute approximate surface area is 396 Å². The maximum absolute atomic E-state index is 12.8. The quantitative estimate of drug-likeness (QED) is 0.0281. The van der Waals surface area contributed by atoms with E-state index in [0.717, 1.165) is 51.4 Å². The van der Waals surface area contributed by atoms with Gasteiger partial charge in [-0.15, -0.1) is 0 Å². The number of quaternary nitrogens is 1. The number of carbonyl (C=O) groups is 3. The van der Waals surface area contributed by atoms with Gasteiger partial charge in [-0.1, -0.05) is 205 Å². The third-order valence-corrected chi connectivity index (χ3v) is 12.6. The Balaban J connectivity index is 4.19. The first-order valence-electron chi connectivity index (χ1n) is 27.4. The summed E-state index contributed by atoms with van der Waals surface area (Å²) in [5.41, 5.74) is 0. The van der Waals surface area contributed by atoms with Gasteiger partial charge in [0.2, 0.25) is 0 Å². The number of carboxylic acids is 1. The second-order valence-corrected chi connectivity index (χ2v) is 19.8. The van der Waals surface area contributed by atoms with Gasteiger partial charge < -0.3 is 23.8 Å². The van der Waals surface area contributed by atoms with Crippen molar-refractivity contribution in [1.29, 1.82) is 0 Å². The van der Waals surface area contributed by atoms with Gasteiger partial charge in [-0.2, -0.15) is 0 Å². The zero-order valence-corrected chi connectivity index (χ0v) is 43.0. The number of esters is 2. The molecule has 0 aromatic carbocycles. The molecule has 0 rings (SSSR count). The number of carboxylic acid groups (broad SMARTS) is 1. The zero-order valence-electron chi connectivity index (χ0n) is 43.0. The Morgan fingerprint density at radius 2 is 0.781 bits per heavy atom. The molecule has 0 radical (unpaired) electrons. The molecule has 0 heterocycles. The molecule has 0 bridgehead atoms. The number of hydrogen-bond acceptors (Lipinski definition) is 6. The van der Waals surface area contributed by atoms with E-state index in [2.05, 4.69) is 38.2 Å². The Kier molecular flexibility index (Phi) is 45.7. The largest absolute Gasteiger partial charge is 0.477 e. The molecule has 0 aromatic heterocycles. The first-order valence-corrected chi connectivity index (χ1v) is 27.4. The van der Waals surface area contributed by atoms with E-state index in [-0.39, 0.29) is 36.2 Å². The first-order chi connectivity index (χ1) is 31.1. The van der Waals surface area contributed by atoms with Gasteiger partial charge in [0, 0.05) is 19.3 Å².